The molecule has 3 nitrogen and oxygen atoms in total. The first-order valence-corrected chi connectivity index (χ1v) is 6.18. The summed E-state index contributed by atoms with van der Waals surface area (Å²) < 4.78 is 5.55. The topological polar surface area (TPSA) is 38.3 Å². The predicted octanol–water partition coefficient (Wildman–Crippen LogP) is 2.29. The minimum Gasteiger partial charge on any atom is -0.491 e. The Morgan fingerprint density at radius 3 is 2.53 bits per heavy atom. The quantitative estimate of drug-likeness (QED) is 0.847. The Morgan fingerprint density at radius 1 is 1.35 bits per heavy atom. The molecule has 0 unspecified atom stereocenters. The first kappa shape index (κ1) is 12.0. The Hall–Kier alpha value is -1.51. The van der Waals surface area contributed by atoms with Crippen molar-refractivity contribution in [2.45, 2.75) is 45.3 Å². The van der Waals surface area contributed by atoms with E-state index in [4.69, 9.17) is 4.74 Å². The van der Waals surface area contributed by atoms with Gasteiger partial charge in [-0.1, -0.05) is 12.1 Å². The van der Waals surface area contributed by atoms with Crippen molar-refractivity contribution in [1.29, 1.82) is 0 Å². The van der Waals surface area contributed by atoms with Crippen LogP contribution >= 0.6 is 0 Å². The van der Waals surface area contributed by atoms with Gasteiger partial charge >= 0.3 is 0 Å². The van der Waals surface area contributed by atoms with Gasteiger partial charge in [0.25, 0.3) is 0 Å². The van der Waals surface area contributed by atoms with Crippen LogP contribution in [0.3, 0.4) is 0 Å². The third-order valence-electron chi connectivity index (χ3n) is 2.60. The maximum Gasteiger partial charge on any atom is 0.224 e. The van der Waals surface area contributed by atoms with Crippen molar-refractivity contribution in [3.63, 3.8) is 0 Å². The monoisotopic (exact) mass is 233 g/mol. The van der Waals surface area contributed by atoms with Crippen LogP contribution in [0.25, 0.3) is 0 Å². The van der Waals surface area contributed by atoms with E-state index in [2.05, 4.69) is 5.32 Å². The van der Waals surface area contributed by atoms with Gasteiger partial charge < -0.3 is 10.1 Å². The number of hydrogen-bond donors (Lipinski definition) is 1. The molecule has 0 atom stereocenters. The molecule has 92 valence electrons. The highest BCUT2D eigenvalue weighted by Gasteiger charge is 2.22. The molecule has 1 aromatic carbocycles. The summed E-state index contributed by atoms with van der Waals surface area (Å²) in [6.07, 6.45) is 2.90. The van der Waals surface area contributed by atoms with Gasteiger partial charge in [0.1, 0.15) is 5.75 Å². The Labute approximate surface area is 102 Å². The van der Waals surface area contributed by atoms with Gasteiger partial charge in [0.15, 0.2) is 0 Å². The minimum absolute atomic E-state index is 0.116. The van der Waals surface area contributed by atoms with E-state index in [1.807, 2.05) is 38.1 Å². The third kappa shape index (κ3) is 4.10. The van der Waals surface area contributed by atoms with Crippen molar-refractivity contribution in [2.75, 3.05) is 0 Å². The van der Waals surface area contributed by atoms with Crippen LogP contribution in [-0.2, 0) is 11.2 Å². The third-order valence-corrected chi connectivity index (χ3v) is 2.60. The van der Waals surface area contributed by atoms with Gasteiger partial charge in [-0.2, -0.15) is 0 Å². The zero-order valence-corrected chi connectivity index (χ0v) is 10.4. The van der Waals surface area contributed by atoms with Crippen molar-refractivity contribution in [1.82, 2.24) is 5.32 Å². The molecular weight excluding hydrogens is 214 g/mol. The van der Waals surface area contributed by atoms with Gasteiger partial charge in [-0.3, -0.25) is 4.79 Å². The summed E-state index contributed by atoms with van der Waals surface area (Å²) in [7, 11) is 0. The molecule has 0 aliphatic heterocycles. The zero-order valence-electron chi connectivity index (χ0n) is 10.4. The van der Waals surface area contributed by atoms with Crippen molar-refractivity contribution < 1.29 is 9.53 Å². The van der Waals surface area contributed by atoms with Gasteiger partial charge in [0, 0.05) is 6.04 Å². The number of rotatable bonds is 5. The second kappa shape index (κ2) is 5.21. The van der Waals surface area contributed by atoms with E-state index < -0.39 is 0 Å². The highest BCUT2D eigenvalue weighted by Crippen LogP contribution is 2.19. The molecule has 0 saturated heterocycles. The van der Waals surface area contributed by atoms with E-state index in [0.29, 0.717) is 12.5 Å². The average molecular weight is 233 g/mol. The van der Waals surface area contributed by atoms with E-state index in [1.54, 1.807) is 0 Å². The summed E-state index contributed by atoms with van der Waals surface area (Å²) in [5, 5.41) is 2.98. The molecule has 1 N–H and O–H groups in total. The summed E-state index contributed by atoms with van der Waals surface area (Å²) in [4.78, 5) is 11.6. The highest BCUT2D eigenvalue weighted by atomic mass is 16.5. The lowest BCUT2D eigenvalue weighted by atomic mass is 10.1. The Balaban J connectivity index is 1.86. The van der Waals surface area contributed by atoms with Crippen LogP contribution in [-0.4, -0.2) is 18.1 Å². The number of carbonyl (C=O) groups is 1. The molecule has 1 saturated carbocycles. The molecule has 0 bridgehead atoms. The molecule has 1 aliphatic rings. The summed E-state index contributed by atoms with van der Waals surface area (Å²) in [5.74, 6) is 0.969. The molecule has 2 rings (SSSR count). The molecular formula is C14H19NO2. The molecule has 0 aromatic heterocycles. The van der Waals surface area contributed by atoms with E-state index in [1.165, 1.54) is 0 Å². The molecule has 0 heterocycles. The fraction of sp³-hybridized carbons (Fsp3) is 0.500. The summed E-state index contributed by atoms with van der Waals surface area (Å²) >= 11 is 0. The zero-order chi connectivity index (χ0) is 12.3. The smallest absolute Gasteiger partial charge is 0.224 e. The lowest BCUT2D eigenvalue weighted by molar-refractivity contribution is -0.120. The average Bonchev–Trinajstić information content (AvgIpc) is 3.04. The molecule has 1 amide bonds. The van der Waals surface area contributed by atoms with Gasteiger partial charge in [0.05, 0.1) is 12.5 Å². The van der Waals surface area contributed by atoms with E-state index in [-0.39, 0.29) is 12.0 Å². The lowest BCUT2D eigenvalue weighted by Gasteiger charge is -2.10. The molecule has 0 spiro atoms. The first-order chi connectivity index (χ1) is 8.13. The number of nitrogens with one attached hydrogen (secondary N) is 1. The maximum absolute atomic E-state index is 11.6. The largest absolute Gasteiger partial charge is 0.491 e. The van der Waals surface area contributed by atoms with Crippen LogP contribution in [0.2, 0.25) is 0 Å². The number of benzene rings is 1. The fourth-order valence-corrected chi connectivity index (χ4v) is 1.65. The Kier molecular flexibility index (Phi) is 3.67. The number of amides is 1. The van der Waals surface area contributed by atoms with Crippen molar-refractivity contribution in [3.8, 4) is 5.75 Å². The highest BCUT2D eigenvalue weighted by molar-refractivity contribution is 5.79. The Bertz CT molecular complexity index is 380. The first-order valence-electron chi connectivity index (χ1n) is 6.18. The van der Waals surface area contributed by atoms with Gasteiger partial charge in [0.2, 0.25) is 5.91 Å². The molecule has 1 fully saturated rings. The van der Waals surface area contributed by atoms with Gasteiger partial charge in [-0.05, 0) is 44.4 Å². The van der Waals surface area contributed by atoms with Crippen LogP contribution in [0.1, 0.15) is 32.3 Å². The van der Waals surface area contributed by atoms with Crippen molar-refractivity contribution >= 4 is 5.91 Å². The second-order valence-electron chi connectivity index (χ2n) is 4.83. The van der Waals surface area contributed by atoms with E-state index in [9.17, 15) is 4.79 Å². The van der Waals surface area contributed by atoms with Crippen LogP contribution in [0.5, 0.6) is 5.75 Å². The summed E-state index contributed by atoms with van der Waals surface area (Å²) in [6.45, 7) is 3.99. The van der Waals surface area contributed by atoms with Gasteiger partial charge in [-0.25, -0.2) is 0 Å². The van der Waals surface area contributed by atoms with E-state index >= 15 is 0 Å². The summed E-state index contributed by atoms with van der Waals surface area (Å²) in [5.41, 5.74) is 1.03. The molecule has 1 aliphatic carbocycles. The number of carbonyl (C=O) groups excluding carboxylic acids is 1. The molecule has 1 aromatic rings. The van der Waals surface area contributed by atoms with Crippen LogP contribution in [0.15, 0.2) is 24.3 Å². The number of ether oxygens (including phenoxy) is 1. The fourth-order valence-electron chi connectivity index (χ4n) is 1.65. The van der Waals surface area contributed by atoms with E-state index in [0.717, 1.165) is 24.2 Å². The second-order valence-corrected chi connectivity index (χ2v) is 4.83. The summed E-state index contributed by atoms with van der Waals surface area (Å²) in [6, 6.07) is 8.17. The lowest BCUT2D eigenvalue weighted by Crippen LogP contribution is -2.26. The van der Waals surface area contributed by atoms with Gasteiger partial charge in [-0.15, -0.1) is 0 Å². The van der Waals surface area contributed by atoms with Crippen molar-refractivity contribution in [2.24, 2.45) is 0 Å². The van der Waals surface area contributed by atoms with Crippen molar-refractivity contribution in [3.05, 3.63) is 29.8 Å². The van der Waals surface area contributed by atoms with Crippen LogP contribution in [0.4, 0.5) is 0 Å². The maximum atomic E-state index is 11.6. The molecule has 0 radical (unpaired) electrons. The standard InChI is InChI=1S/C14H19NO2/c1-10(2)17-13-7-3-11(4-8-13)9-14(16)15-12-5-6-12/h3-4,7-8,10,12H,5-6,9H2,1-2H3,(H,15,16). The molecule has 17 heavy (non-hydrogen) atoms. The van der Waals surface area contributed by atoms with Crippen LogP contribution in [0, 0.1) is 0 Å². The SMILES string of the molecule is CC(C)Oc1ccc(CC(=O)NC2CC2)cc1. The molecule has 3 heteroatoms. The number of hydrogen-bond acceptors (Lipinski definition) is 2. The Morgan fingerprint density at radius 2 is 2.00 bits per heavy atom. The van der Waals surface area contributed by atoms with Crippen LogP contribution < -0.4 is 10.1 Å². The normalized spacial score (nSPS) is 14.8. The minimum atomic E-state index is 0.116. The predicted molar refractivity (Wildman–Crippen MR) is 67.1 cm³/mol.